The van der Waals surface area contributed by atoms with Gasteiger partial charge in [-0.3, -0.25) is 0 Å². The minimum Gasteiger partial charge on any atom is -0.487 e. The van der Waals surface area contributed by atoms with E-state index in [9.17, 15) is 0 Å². The maximum absolute atomic E-state index is 6.31. The first-order valence-electron chi connectivity index (χ1n) is 9.51. The summed E-state index contributed by atoms with van der Waals surface area (Å²) in [5.74, 6) is 1.69. The zero-order valence-corrected chi connectivity index (χ0v) is 14.5. The summed E-state index contributed by atoms with van der Waals surface area (Å²) in [6, 6.07) is 8.93. The SMILES string of the molecule is c1ccc2c(c1)OC1(CCC1)CC2NCCCOCC1CCOC1. The smallest absolute Gasteiger partial charge is 0.124 e. The minimum atomic E-state index is 0.102. The Hall–Kier alpha value is -1.10. The van der Waals surface area contributed by atoms with Crippen molar-refractivity contribution in [1.29, 1.82) is 0 Å². The van der Waals surface area contributed by atoms with Crippen LogP contribution in [0.5, 0.6) is 5.75 Å². The molecule has 1 saturated carbocycles. The summed E-state index contributed by atoms with van der Waals surface area (Å²) in [5.41, 5.74) is 1.42. The molecule has 2 heterocycles. The fourth-order valence-corrected chi connectivity index (χ4v) is 4.09. The van der Waals surface area contributed by atoms with Crippen molar-refractivity contribution in [2.75, 3.05) is 33.0 Å². The van der Waals surface area contributed by atoms with Crippen molar-refractivity contribution < 1.29 is 14.2 Å². The Morgan fingerprint density at radius 3 is 2.96 bits per heavy atom. The molecule has 4 nitrogen and oxygen atoms in total. The third kappa shape index (κ3) is 3.61. The number of para-hydroxylation sites is 1. The lowest BCUT2D eigenvalue weighted by atomic mass is 9.73. The lowest BCUT2D eigenvalue weighted by molar-refractivity contribution is -0.0370. The quantitative estimate of drug-likeness (QED) is 0.777. The fraction of sp³-hybridized carbons (Fsp3) is 0.700. The molecule has 3 aliphatic rings. The number of benzene rings is 1. The molecule has 1 aliphatic carbocycles. The van der Waals surface area contributed by atoms with E-state index in [0.717, 1.165) is 58.0 Å². The Labute approximate surface area is 144 Å². The van der Waals surface area contributed by atoms with Gasteiger partial charge >= 0.3 is 0 Å². The van der Waals surface area contributed by atoms with E-state index in [0.29, 0.717) is 12.0 Å². The fourth-order valence-electron chi connectivity index (χ4n) is 4.09. The molecule has 0 aromatic heterocycles. The molecule has 1 saturated heterocycles. The molecule has 1 N–H and O–H groups in total. The summed E-state index contributed by atoms with van der Waals surface area (Å²) in [5, 5.41) is 3.74. The summed E-state index contributed by atoms with van der Waals surface area (Å²) in [6.45, 7) is 4.46. The van der Waals surface area contributed by atoms with Crippen molar-refractivity contribution in [2.45, 2.75) is 50.2 Å². The first kappa shape index (κ1) is 16.4. The Balaban J connectivity index is 1.23. The molecule has 2 atom stereocenters. The third-order valence-electron chi connectivity index (χ3n) is 5.70. The Bertz CT molecular complexity index is 537. The van der Waals surface area contributed by atoms with Gasteiger partial charge in [-0.2, -0.15) is 0 Å². The summed E-state index contributed by atoms with van der Waals surface area (Å²) in [6.07, 6.45) is 7.01. The van der Waals surface area contributed by atoms with Gasteiger partial charge in [-0.25, -0.2) is 0 Å². The van der Waals surface area contributed by atoms with Gasteiger partial charge in [0.15, 0.2) is 0 Å². The van der Waals surface area contributed by atoms with Gasteiger partial charge in [-0.05, 0) is 44.7 Å². The second kappa shape index (κ2) is 7.42. The van der Waals surface area contributed by atoms with Crippen LogP contribution in [0.25, 0.3) is 0 Å². The minimum absolute atomic E-state index is 0.102. The molecular formula is C20H29NO3. The zero-order valence-electron chi connectivity index (χ0n) is 14.5. The third-order valence-corrected chi connectivity index (χ3v) is 5.70. The molecule has 2 fully saturated rings. The van der Waals surface area contributed by atoms with Gasteiger partial charge in [0.05, 0.1) is 13.2 Å². The highest BCUT2D eigenvalue weighted by Gasteiger charge is 2.45. The van der Waals surface area contributed by atoms with E-state index in [4.69, 9.17) is 14.2 Å². The van der Waals surface area contributed by atoms with E-state index >= 15 is 0 Å². The highest BCUT2D eigenvalue weighted by atomic mass is 16.5. The molecule has 4 heteroatoms. The van der Waals surface area contributed by atoms with E-state index in [2.05, 4.69) is 29.6 Å². The molecule has 1 aromatic rings. The van der Waals surface area contributed by atoms with E-state index < -0.39 is 0 Å². The number of hydrogen-bond donors (Lipinski definition) is 1. The van der Waals surface area contributed by atoms with Crippen LogP contribution in [0.2, 0.25) is 0 Å². The lowest BCUT2D eigenvalue weighted by Crippen LogP contribution is -2.49. The second-order valence-electron chi connectivity index (χ2n) is 7.55. The van der Waals surface area contributed by atoms with Crippen LogP contribution in [0.1, 0.15) is 50.1 Å². The first-order valence-corrected chi connectivity index (χ1v) is 9.51. The van der Waals surface area contributed by atoms with Crippen molar-refractivity contribution in [3.05, 3.63) is 29.8 Å². The molecule has 1 aromatic carbocycles. The van der Waals surface area contributed by atoms with Crippen molar-refractivity contribution in [3.63, 3.8) is 0 Å². The molecular weight excluding hydrogens is 302 g/mol. The molecule has 4 rings (SSSR count). The van der Waals surface area contributed by atoms with E-state index in [1.54, 1.807) is 0 Å². The van der Waals surface area contributed by atoms with E-state index in [-0.39, 0.29) is 5.60 Å². The van der Waals surface area contributed by atoms with Gasteiger partial charge < -0.3 is 19.5 Å². The predicted octanol–water partition coefficient (Wildman–Crippen LogP) is 3.47. The van der Waals surface area contributed by atoms with E-state index in [1.165, 1.54) is 24.8 Å². The van der Waals surface area contributed by atoms with Crippen LogP contribution in [-0.2, 0) is 9.47 Å². The van der Waals surface area contributed by atoms with Crippen LogP contribution < -0.4 is 10.1 Å². The number of rotatable bonds is 7. The maximum Gasteiger partial charge on any atom is 0.124 e. The molecule has 0 bridgehead atoms. The topological polar surface area (TPSA) is 39.7 Å². The monoisotopic (exact) mass is 331 g/mol. The molecule has 24 heavy (non-hydrogen) atoms. The van der Waals surface area contributed by atoms with Crippen molar-refractivity contribution in [1.82, 2.24) is 5.32 Å². The van der Waals surface area contributed by atoms with Crippen molar-refractivity contribution in [3.8, 4) is 5.75 Å². The summed E-state index contributed by atoms with van der Waals surface area (Å²) in [7, 11) is 0. The largest absolute Gasteiger partial charge is 0.487 e. The highest BCUT2D eigenvalue weighted by Crippen LogP contribution is 2.48. The Morgan fingerprint density at radius 1 is 1.25 bits per heavy atom. The molecule has 0 radical (unpaired) electrons. The Morgan fingerprint density at radius 2 is 2.17 bits per heavy atom. The number of ether oxygens (including phenoxy) is 3. The van der Waals surface area contributed by atoms with Crippen LogP contribution in [0, 0.1) is 5.92 Å². The van der Waals surface area contributed by atoms with Gasteiger partial charge in [0.2, 0.25) is 0 Å². The van der Waals surface area contributed by atoms with Gasteiger partial charge in [0.25, 0.3) is 0 Å². The Kier molecular flexibility index (Phi) is 5.06. The number of hydrogen-bond acceptors (Lipinski definition) is 4. The van der Waals surface area contributed by atoms with Crippen molar-refractivity contribution >= 4 is 0 Å². The van der Waals surface area contributed by atoms with Gasteiger partial charge in [-0.1, -0.05) is 18.2 Å². The zero-order chi connectivity index (χ0) is 16.2. The lowest BCUT2D eigenvalue weighted by Gasteiger charge is -2.48. The van der Waals surface area contributed by atoms with Crippen LogP contribution in [-0.4, -0.2) is 38.6 Å². The second-order valence-corrected chi connectivity index (χ2v) is 7.55. The van der Waals surface area contributed by atoms with Crippen LogP contribution in [0.3, 0.4) is 0 Å². The van der Waals surface area contributed by atoms with Crippen LogP contribution >= 0.6 is 0 Å². The van der Waals surface area contributed by atoms with E-state index in [1.807, 2.05) is 0 Å². The molecule has 132 valence electrons. The number of nitrogens with one attached hydrogen (secondary N) is 1. The molecule has 2 unspecified atom stereocenters. The van der Waals surface area contributed by atoms with Crippen LogP contribution in [0.4, 0.5) is 0 Å². The predicted molar refractivity (Wildman–Crippen MR) is 93.4 cm³/mol. The molecule has 2 aliphatic heterocycles. The summed E-state index contributed by atoms with van der Waals surface area (Å²) >= 11 is 0. The van der Waals surface area contributed by atoms with Gasteiger partial charge in [0, 0.05) is 37.2 Å². The highest BCUT2D eigenvalue weighted by molar-refractivity contribution is 5.39. The standard InChI is InChI=1S/C20H29NO3/c1-2-6-19-17(5-1)18(13-20(24-19)8-3-9-20)21-10-4-11-22-14-16-7-12-23-15-16/h1-2,5-6,16,18,21H,3-4,7-15H2. The van der Waals surface area contributed by atoms with Crippen LogP contribution in [0.15, 0.2) is 24.3 Å². The average molecular weight is 331 g/mol. The maximum atomic E-state index is 6.31. The van der Waals surface area contributed by atoms with Crippen molar-refractivity contribution in [2.24, 2.45) is 5.92 Å². The number of fused-ring (bicyclic) bond motifs is 1. The molecule has 1 spiro atoms. The summed E-state index contributed by atoms with van der Waals surface area (Å²) in [4.78, 5) is 0. The first-order chi connectivity index (χ1) is 11.8. The normalized spacial score (nSPS) is 27.5. The van der Waals surface area contributed by atoms with Gasteiger partial charge in [-0.15, -0.1) is 0 Å². The average Bonchev–Trinajstić information content (AvgIpc) is 3.09. The molecule has 0 amide bonds. The summed E-state index contributed by atoms with van der Waals surface area (Å²) < 4.78 is 17.5. The van der Waals surface area contributed by atoms with Gasteiger partial charge in [0.1, 0.15) is 11.4 Å².